The number of hydrogen-bond donors (Lipinski definition) is 1. The Bertz CT molecular complexity index is 799. The molecule has 2 aliphatic carbocycles. The molecule has 2 aliphatic rings. The van der Waals surface area contributed by atoms with Gasteiger partial charge in [0.15, 0.2) is 0 Å². The van der Waals surface area contributed by atoms with Gasteiger partial charge in [-0.25, -0.2) is 0 Å². The molecule has 2 nitrogen and oxygen atoms in total. The first-order valence-corrected chi connectivity index (χ1v) is 8.61. The van der Waals surface area contributed by atoms with E-state index < -0.39 is 6.10 Å². The molecule has 0 aliphatic heterocycles. The summed E-state index contributed by atoms with van der Waals surface area (Å²) in [6, 6.07) is 3.39. The van der Waals surface area contributed by atoms with Gasteiger partial charge in [-0.3, -0.25) is 4.98 Å². The van der Waals surface area contributed by atoms with Gasteiger partial charge in [-0.05, 0) is 54.8 Å². The Morgan fingerprint density at radius 1 is 1.21 bits per heavy atom. The Hall–Kier alpha value is -2.21. The van der Waals surface area contributed by atoms with Crippen molar-refractivity contribution in [2.45, 2.75) is 64.4 Å². The van der Waals surface area contributed by atoms with Crippen LogP contribution in [0.3, 0.4) is 0 Å². The Balaban J connectivity index is 2.09. The van der Waals surface area contributed by atoms with Gasteiger partial charge < -0.3 is 5.11 Å². The highest BCUT2D eigenvalue weighted by Crippen LogP contribution is 2.42. The SMILES string of the molecule is C#CC#CC#Cc1[c]c(C2CCCC2)nc2c1[C@@H](O)CC(C)(C)C2. The summed E-state index contributed by atoms with van der Waals surface area (Å²) in [5.74, 6) is 13.7. The molecule has 1 N–H and O–H groups in total. The lowest BCUT2D eigenvalue weighted by atomic mass is 9.73. The summed E-state index contributed by atoms with van der Waals surface area (Å²) < 4.78 is 0. The first-order chi connectivity index (χ1) is 11.5. The second-order valence-corrected chi connectivity index (χ2v) is 7.54. The van der Waals surface area contributed by atoms with E-state index in [-0.39, 0.29) is 5.41 Å². The largest absolute Gasteiger partial charge is 0.388 e. The van der Waals surface area contributed by atoms with Gasteiger partial charge in [-0.2, -0.15) is 0 Å². The Morgan fingerprint density at radius 2 is 1.96 bits per heavy atom. The van der Waals surface area contributed by atoms with Gasteiger partial charge in [0.05, 0.1) is 11.8 Å². The molecule has 121 valence electrons. The van der Waals surface area contributed by atoms with E-state index in [0.717, 1.165) is 41.8 Å². The molecule has 0 saturated heterocycles. The molecular weight excluding hydrogens is 294 g/mol. The van der Waals surface area contributed by atoms with Crippen LogP contribution >= 0.6 is 0 Å². The quantitative estimate of drug-likeness (QED) is 0.804. The highest BCUT2D eigenvalue weighted by Gasteiger charge is 2.35. The summed E-state index contributed by atoms with van der Waals surface area (Å²) in [6.45, 7) is 4.35. The van der Waals surface area contributed by atoms with E-state index in [9.17, 15) is 5.11 Å². The summed E-state index contributed by atoms with van der Waals surface area (Å²) in [5.41, 5.74) is 3.61. The van der Waals surface area contributed by atoms with E-state index in [0.29, 0.717) is 12.3 Å². The molecule has 1 aromatic heterocycles. The summed E-state index contributed by atoms with van der Waals surface area (Å²) in [5, 5.41) is 10.6. The van der Waals surface area contributed by atoms with Crippen molar-refractivity contribution in [2.24, 2.45) is 5.41 Å². The number of aliphatic hydroxyl groups is 1. The van der Waals surface area contributed by atoms with Crippen LogP contribution in [-0.2, 0) is 6.42 Å². The van der Waals surface area contributed by atoms with Crippen LogP contribution in [0.1, 0.15) is 80.5 Å². The van der Waals surface area contributed by atoms with Gasteiger partial charge >= 0.3 is 0 Å². The van der Waals surface area contributed by atoms with Crippen LogP contribution in [0.2, 0.25) is 0 Å². The number of aromatic nitrogens is 1. The number of hydrogen-bond acceptors (Lipinski definition) is 2. The number of terminal acetylenes is 1. The zero-order chi connectivity index (χ0) is 17.2. The van der Waals surface area contributed by atoms with Crippen molar-refractivity contribution in [1.82, 2.24) is 4.98 Å². The first-order valence-electron chi connectivity index (χ1n) is 8.61. The predicted molar refractivity (Wildman–Crippen MR) is 94.8 cm³/mol. The van der Waals surface area contributed by atoms with Gasteiger partial charge in [0, 0.05) is 28.8 Å². The van der Waals surface area contributed by atoms with Gasteiger partial charge in [0.25, 0.3) is 0 Å². The minimum Gasteiger partial charge on any atom is -0.388 e. The molecule has 1 fully saturated rings. The highest BCUT2D eigenvalue weighted by molar-refractivity contribution is 5.50. The second kappa shape index (κ2) is 6.73. The summed E-state index contributed by atoms with van der Waals surface area (Å²) >= 11 is 0. The third-order valence-electron chi connectivity index (χ3n) is 4.94. The van der Waals surface area contributed by atoms with Crippen molar-refractivity contribution in [3.8, 4) is 36.0 Å². The van der Waals surface area contributed by atoms with E-state index in [1.165, 1.54) is 12.8 Å². The lowest BCUT2D eigenvalue weighted by Gasteiger charge is -2.35. The topological polar surface area (TPSA) is 33.1 Å². The third-order valence-corrected chi connectivity index (χ3v) is 4.94. The van der Waals surface area contributed by atoms with Crippen LogP contribution < -0.4 is 0 Å². The Kier molecular flexibility index (Phi) is 4.66. The van der Waals surface area contributed by atoms with Crippen molar-refractivity contribution < 1.29 is 5.11 Å². The zero-order valence-corrected chi connectivity index (χ0v) is 14.4. The molecule has 0 bridgehead atoms. The maximum atomic E-state index is 10.6. The van der Waals surface area contributed by atoms with Crippen LogP contribution in [0.5, 0.6) is 0 Å². The van der Waals surface area contributed by atoms with Crippen molar-refractivity contribution >= 4 is 0 Å². The molecule has 2 heteroatoms. The zero-order valence-electron chi connectivity index (χ0n) is 14.4. The fourth-order valence-electron chi connectivity index (χ4n) is 3.87. The smallest absolute Gasteiger partial charge is 0.0825 e. The number of aliphatic hydroxyl groups excluding tert-OH is 1. The predicted octanol–water partition coefficient (Wildman–Crippen LogP) is 3.53. The fourth-order valence-corrected chi connectivity index (χ4v) is 3.87. The number of rotatable bonds is 1. The molecule has 0 amide bonds. The van der Waals surface area contributed by atoms with Crippen LogP contribution in [0.4, 0.5) is 0 Å². The monoisotopic (exact) mass is 316 g/mol. The van der Waals surface area contributed by atoms with E-state index in [4.69, 9.17) is 11.4 Å². The number of fused-ring (bicyclic) bond motifs is 1. The maximum absolute atomic E-state index is 10.6. The van der Waals surface area contributed by atoms with Crippen molar-refractivity contribution in [3.05, 3.63) is 28.6 Å². The van der Waals surface area contributed by atoms with Crippen LogP contribution in [0, 0.1) is 47.5 Å². The Labute approximate surface area is 145 Å². The lowest BCUT2D eigenvalue weighted by molar-refractivity contribution is 0.0977. The third kappa shape index (κ3) is 3.48. The summed E-state index contributed by atoms with van der Waals surface area (Å²) in [6.07, 6.45) is 11.0. The van der Waals surface area contributed by atoms with Crippen molar-refractivity contribution in [3.63, 3.8) is 0 Å². The van der Waals surface area contributed by atoms with Gasteiger partial charge in [-0.1, -0.05) is 32.6 Å². The van der Waals surface area contributed by atoms with Gasteiger partial charge in [0.2, 0.25) is 0 Å². The molecular formula is C22H22NO. The standard InChI is InChI=1S/C22H22NO/c1-4-5-6-7-12-17-13-18(16-10-8-9-11-16)23-19-14-22(2,3)15-20(24)21(17)19/h1,16,20,24H,8-11,14-15H2,2-3H3/t20-/m0/s1. The van der Waals surface area contributed by atoms with E-state index in [2.05, 4.69) is 49.5 Å². The molecule has 1 heterocycles. The van der Waals surface area contributed by atoms with Crippen molar-refractivity contribution in [2.75, 3.05) is 0 Å². The number of pyridine rings is 1. The summed E-state index contributed by atoms with van der Waals surface area (Å²) in [7, 11) is 0. The van der Waals surface area contributed by atoms with E-state index >= 15 is 0 Å². The van der Waals surface area contributed by atoms with Gasteiger partial charge in [0.1, 0.15) is 0 Å². The minimum absolute atomic E-state index is 0.0433. The molecule has 1 atom stereocenters. The highest BCUT2D eigenvalue weighted by atomic mass is 16.3. The maximum Gasteiger partial charge on any atom is 0.0825 e. The lowest BCUT2D eigenvalue weighted by Crippen LogP contribution is -2.28. The normalized spacial score (nSPS) is 21.7. The molecule has 1 saturated carbocycles. The minimum atomic E-state index is -0.546. The summed E-state index contributed by atoms with van der Waals surface area (Å²) in [4.78, 5) is 4.89. The molecule has 0 unspecified atom stereocenters. The van der Waals surface area contributed by atoms with Gasteiger partial charge in [-0.15, -0.1) is 6.42 Å². The Morgan fingerprint density at radius 3 is 2.67 bits per heavy atom. The van der Waals surface area contributed by atoms with Crippen LogP contribution in [0.15, 0.2) is 0 Å². The molecule has 0 spiro atoms. The first kappa shape index (κ1) is 16.6. The van der Waals surface area contributed by atoms with E-state index in [1.807, 2.05) is 0 Å². The molecule has 1 aromatic rings. The van der Waals surface area contributed by atoms with Crippen molar-refractivity contribution in [1.29, 1.82) is 0 Å². The molecule has 1 radical (unpaired) electrons. The molecule has 0 aromatic carbocycles. The van der Waals surface area contributed by atoms with E-state index in [1.54, 1.807) is 0 Å². The average molecular weight is 316 g/mol. The average Bonchev–Trinajstić information content (AvgIpc) is 3.03. The molecule has 3 rings (SSSR count). The van der Waals surface area contributed by atoms with Crippen LogP contribution in [-0.4, -0.2) is 10.1 Å². The second-order valence-electron chi connectivity index (χ2n) is 7.54. The number of nitrogens with zero attached hydrogens (tertiary/aromatic N) is 1. The fraction of sp³-hybridized carbons (Fsp3) is 0.500. The van der Waals surface area contributed by atoms with Crippen LogP contribution in [0.25, 0.3) is 0 Å². The molecule has 24 heavy (non-hydrogen) atoms.